The van der Waals surface area contributed by atoms with Gasteiger partial charge in [0.15, 0.2) is 11.5 Å². The lowest BCUT2D eigenvalue weighted by Gasteiger charge is -2.11. The van der Waals surface area contributed by atoms with E-state index >= 15 is 0 Å². The number of benzene rings is 1. The van der Waals surface area contributed by atoms with Gasteiger partial charge in [0.25, 0.3) is 0 Å². The van der Waals surface area contributed by atoms with Crippen LogP contribution in [0.2, 0.25) is 0 Å². The van der Waals surface area contributed by atoms with E-state index in [0.717, 1.165) is 17.5 Å². The second kappa shape index (κ2) is 7.55. The van der Waals surface area contributed by atoms with Crippen LogP contribution in [-0.2, 0) is 6.42 Å². The Bertz CT molecular complexity index is 766. The Labute approximate surface area is 142 Å². The lowest BCUT2D eigenvalue weighted by Crippen LogP contribution is -2.26. The summed E-state index contributed by atoms with van der Waals surface area (Å²) < 4.78 is 18.1. The van der Waals surface area contributed by atoms with Crippen molar-refractivity contribution in [1.82, 2.24) is 15.8 Å². The zero-order chi connectivity index (χ0) is 17.8. The molecule has 0 aliphatic heterocycles. The Kier molecular flexibility index (Phi) is 5.22. The molecule has 0 spiro atoms. The maximum atomic E-state index is 13.5. The fourth-order valence-corrected chi connectivity index (χ4v) is 2.72. The number of aromatic nitrogens is 2. The van der Waals surface area contributed by atoms with Crippen LogP contribution in [0.4, 0.5) is 10.2 Å². The van der Waals surface area contributed by atoms with Gasteiger partial charge in [-0.15, -0.1) is 0 Å². The minimum atomic E-state index is -0.989. The summed E-state index contributed by atoms with van der Waals surface area (Å²) in [5.74, 6) is -0.197. The minimum absolute atomic E-state index is 0.00403. The summed E-state index contributed by atoms with van der Waals surface area (Å²) in [5, 5.41) is 37.7. The second-order valence-corrected chi connectivity index (χ2v) is 5.67. The van der Waals surface area contributed by atoms with Crippen LogP contribution in [0.3, 0.4) is 0 Å². The molecule has 0 amide bonds. The SMILES string of the molecule is OC[C@H](O)CNc1nonc1C(=NC1CCc2ccc(F)cc21)NO. The van der Waals surface area contributed by atoms with E-state index in [9.17, 15) is 14.7 Å². The first-order chi connectivity index (χ1) is 12.1. The van der Waals surface area contributed by atoms with Crippen LogP contribution in [0, 0.1) is 5.82 Å². The van der Waals surface area contributed by atoms with Crippen LogP contribution in [-0.4, -0.2) is 50.8 Å². The summed E-state index contributed by atoms with van der Waals surface area (Å²) in [7, 11) is 0. The number of nitrogens with zero attached hydrogens (tertiary/aromatic N) is 3. The topological polar surface area (TPSA) is 136 Å². The Morgan fingerprint density at radius 3 is 3.04 bits per heavy atom. The van der Waals surface area contributed by atoms with E-state index < -0.39 is 12.7 Å². The molecule has 0 fully saturated rings. The molecule has 0 saturated heterocycles. The number of hydroxylamine groups is 1. The van der Waals surface area contributed by atoms with Crippen molar-refractivity contribution in [3.05, 3.63) is 40.8 Å². The molecule has 10 heteroatoms. The van der Waals surface area contributed by atoms with Gasteiger partial charge in [-0.3, -0.25) is 15.7 Å². The number of nitrogens with one attached hydrogen (secondary N) is 2. The first-order valence-electron chi connectivity index (χ1n) is 7.74. The number of halogens is 1. The molecule has 0 saturated carbocycles. The Morgan fingerprint density at radius 2 is 2.28 bits per heavy atom. The number of aryl methyl sites for hydroxylation is 1. The van der Waals surface area contributed by atoms with E-state index in [2.05, 4.69) is 25.3 Å². The smallest absolute Gasteiger partial charge is 0.202 e. The number of rotatable bonds is 6. The van der Waals surface area contributed by atoms with Gasteiger partial charge in [0.2, 0.25) is 5.82 Å². The predicted octanol–water partition coefficient (Wildman–Crippen LogP) is 0.387. The molecule has 134 valence electrons. The van der Waals surface area contributed by atoms with Gasteiger partial charge in [0, 0.05) is 6.54 Å². The molecule has 3 rings (SSSR count). The highest BCUT2D eigenvalue weighted by molar-refractivity contribution is 6.00. The fraction of sp³-hybridized carbons (Fsp3) is 0.400. The van der Waals surface area contributed by atoms with Crippen molar-refractivity contribution in [3.8, 4) is 0 Å². The molecular weight excluding hydrogens is 333 g/mol. The quantitative estimate of drug-likeness (QED) is 0.286. The van der Waals surface area contributed by atoms with Gasteiger partial charge in [-0.2, -0.15) is 0 Å². The summed E-state index contributed by atoms with van der Waals surface area (Å²) in [6.45, 7) is -0.412. The van der Waals surface area contributed by atoms with Crippen LogP contribution in [0.1, 0.15) is 29.3 Å². The average molecular weight is 351 g/mol. The van der Waals surface area contributed by atoms with Crippen LogP contribution in [0.15, 0.2) is 27.8 Å². The number of hydrogen-bond donors (Lipinski definition) is 5. The lowest BCUT2D eigenvalue weighted by atomic mass is 10.1. The highest BCUT2D eigenvalue weighted by Gasteiger charge is 2.25. The van der Waals surface area contributed by atoms with Crippen LogP contribution in [0.5, 0.6) is 0 Å². The third kappa shape index (κ3) is 3.76. The van der Waals surface area contributed by atoms with Crippen molar-refractivity contribution in [3.63, 3.8) is 0 Å². The van der Waals surface area contributed by atoms with E-state index in [0.29, 0.717) is 6.42 Å². The molecule has 5 N–H and O–H groups in total. The Balaban J connectivity index is 1.84. The highest BCUT2D eigenvalue weighted by Crippen LogP contribution is 2.35. The summed E-state index contributed by atoms with van der Waals surface area (Å²) in [6, 6.07) is 4.23. The van der Waals surface area contributed by atoms with Gasteiger partial charge in [0.05, 0.1) is 18.8 Å². The zero-order valence-electron chi connectivity index (χ0n) is 13.2. The first kappa shape index (κ1) is 17.3. The number of aliphatic imine (C=N–C) groups is 1. The maximum Gasteiger partial charge on any atom is 0.202 e. The molecule has 25 heavy (non-hydrogen) atoms. The van der Waals surface area contributed by atoms with Crippen molar-refractivity contribution < 1.29 is 24.4 Å². The minimum Gasteiger partial charge on any atom is -0.394 e. The third-order valence-corrected chi connectivity index (χ3v) is 3.97. The van der Waals surface area contributed by atoms with Gasteiger partial charge < -0.3 is 15.5 Å². The van der Waals surface area contributed by atoms with Gasteiger partial charge >= 0.3 is 0 Å². The maximum absolute atomic E-state index is 13.5. The fourth-order valence-electron chi connectivity index (χ4n) is 2.72. The molecule has 2 atom stereocenters. The van der Waals surface area contributed by atoms with Crippen molar-refractivity contribution in [2.45, 2.75) is 25.0 Å². The Hall–Kier alpha value is -2.56. The van der Waals surface area contributed by atoms with Gasteiger partial charge in [-0.25, -0.2) is 9.02 Å². The standard InChI is InChI=1S/C15H18FN5O4/c16-9-3-1-8-2-4-12(11(8)5-9)18-15(19-24)13-14(21-25-20-13)17-6-10(23)7-22/h1,3,5,10,12,22-24H,2,4,6-7H2,(H,17,21)(H,18,19)/t10-,12?/m1/s1. The van der Waals surface area contributed by atoms with Gasteiger partial charge in [-0.1, -0.05) is 6.07 Å². The first-order valence-corrected chi connectivity index (χ1v) is 7.74. The molecule has 1 aromatic heterocycles. The summed E-state index contributed by atoms with van der Waals surface area (Å²) in [4.78, 5) is 4.40. The van der Waals surface area contributed by atoms with Crippen molar-refractivity contribution in [2.75, 3.05) is 18.5 Å². The average Bonchev–Trinajstić information content (AvgIpc) is 3.24. The van der Waals surface area contributed by atoms with Crippen molar-refractivity contribution in [2.24, 2.45) is 4.99 Å². The highest BCUT2D eigenvalue weighted by atomic mass is 19.1. The van der Waals surface area contributed by atoms with Crippen LogP contribution < -0.4 is 10.8 Å². The molecular formula is C15H18FN5O4. The number of hydrogen-bond acceptors (Lipinski definition) is 8. The van der Waals surface area contributed by atoms with Crippen LogP contribution >= 0.6 is 0 Å². The van der Waals surface area contributed by atoms with Crippen molar-refractivity contribution in [1.29, 1.82) is 0 Å². The number of aliphatic hydroxyl groups is 2. The molecule has 9 nitrogen and oxygen atoms in total. The summed E-state index contributed by atoms with van der Waals surface area (Å²) in [5.41, 5.74) is 3.84. The predicted molar refractivity (Wildman–Crippen MR) is 84.8 cm³/mol. The molecule has 1 unspecified atom stereocenters. The van der Waals surface area contributed by atoms with Gasteiger partial charge in [0.1, 0.15) is 5.82 Å². The normalized spacial score (nSPS) is 18.1. The van der Waals surface area contributed by atoms with Crippen LogP contribution in [0.25, 0.3) is 0 Å². The monoisotopic (exact) mass is 351 g/mol. The van der Waals surface area contributed by atoms with Gasteiger partial charge in [-0.05, 0) is 46.4 Å². The van der Waals surface area contributed by atoms with E-state index in [1.807, 2.05) is 5.48 Å². The van der Waals surface area contributed by atoms with E-state index in [1.54, 1.807) is 6.07 Å². The zero-order valence-corrected chi connectivity index (χ0v) is 13.2. The number of fused-ring (bicyclic) bond motifs is 1. The number of anilines is 1. The molecule has 1 aromatic carbocycles. The lowest BCUT2D eigenvalue weighted by molar-refractivity contribution is 0.105. The van der Waals surface area contributed by atoms with E-state index in [-0.39, 0.29) is 35.8 Å². The van der Waals surface area contributed by atoms with Crippen molar-refractivity contribution >= 4 is 11.7 Å². The third-order valence-electron chi connectivity index (χ3n) is 3.97. The molecule has 1 aliphatic rings. The molecule has 2 aromatic rings. The van der Waals surface area contributed by atoms with E-state index in [4.69, 9.17) is 5.11 Å². The molecule has 0 bridgehead atoms. The molecule has 1 aliphatic carbocycles. The molecule has 1 heterocycles. The number of amidine groups is 1. The summed E-state index contributed by atoms with van der Waals surface area (Å²) >= 11 is 0. The largest absolute Gasteiger partial charge is 0.394 e. The van der Waals surface area contributed by atoms with E-state index in [1.165, 1.54) is 12.1 Å². The summed E-state index contributed by atoms with van der Waals surface area (Å²) in [6.07, 6.45) is 0.436. The second-order valence-electron chi connectivity index (χ2n) is 5.67. The molecule has 0 radical (unpaired) electrons. The Morgan fingerprint density at radius 1 is 1.44 bits per heavy atom. The number of aliphatic hydroxyl groups excluding tert-OH is 2.